The molecule has 1 N–H and O–H groups in total. The molecule has 2 aromatic rings. The van der Waals surface area contributed by atoms with E-state index in [0.717, 1.165) is 17.1 Å². The number of nitrogens with zero attached hydrogens (tertiary/aromatic N) is 2. The minimum absolute atomic E-state index is 0.0916. The molecule has 1 fully saturated rings. The smallest absolute Gasteiger partial charge is 0.305 e. The number of thiazole rings is 1. The number of carboxylic acids is 1. The van der Waals surface area contributed by atoms with Gasteiger partial charge in [0.05, 0.1) is 42.8 Å². The topological polar surface area (TPSA) is 79.7 Å². The highest BCUT2D eigenvalue weighted by molar-refractivity contribution is 7.09. The molecule has 25 heavy (non-hydrogen) atoms. The lowest BCUT2D eigenvalue weighted by Crippen LogP contribution is -2.50. The van der Waals surface area contributed by atoms with Crippen molar-refractivity contribution in [2.75, 3.05) is 19.8 Å². The Morgan fingerprint density at radius 2 is 2.12 bits per heavy atom. The predicted molar refractivity (Wildman–Crippen MR) is 93.6 cm³/mol. The molecule has 132 valence electrons. The maximum Gasteiger partial charge on any atom is 0.305 e. The fourth-order valence-electron chi connectivity index (χ4n) is 2.89. The second-order valence-electron chi connectivity index (χ2n) is 5.99. The first-order valence-corrected chi connectivity index (χ1v) is 9.06. The first kappa shape index (κ1) is 17.6. The Balaban J connectivity index is 1.61. The highest BCUT2D eigenvalue weighted by Crippen LogP contribution is 2.17. The highest BCUT2D eigenvalue weighted by Gasteiger charge is 2.29. The van der Waals surface area contributed by atoms with Gasteiger partial charge in [0, 0.05) is 18.3 Å². The van der Waals surface area contributed by atoms with Crippen LogP contribution in [0, 0.1) is 0 Å². The molecule has 6 nitrogen and oxygen atoms in total. The van der Waals surface area contributed by atoms with Crippen molar-refractivity contribution >= 4 is 23.2 Å². The lowest BCUT2D eigenvalue weighted by atomic mass is 10.1. The van der Waals surface area contributed by atoms with Crippen LogP contribution in [-0.4, -0.2) is 52.7 Å². The molecular formula is C18H20N2O4S. The summed E-state index contributed by atoms with van der Waals surface area (Å²) in [6.07, 6.45) is 0.850. The summed E-state index contributed by atoms with van der Waals surface area (Å²) in [5.74, 6) is -1.02. The van der Waals surface area contributed by atoms with Gasteiger partial charge in [-0.25, -0.2) is 4.98 Å². The molecule has 0 saturated carbocycles. The molecule has 0 bridgehead atoms. The molecule has 1 aliphatic rings. The van der Waals surface area contributed by atoms with Crippen LogP contribution in [0.4, 0.5) is 0 Å². The van der Waals surface area contributed by atoms with Gasteiger partial charge in [-0.05, 0) is 5.56 Å². The zero-order valence-electron chi connectivity index (χ0n) is 13.8. The Labute approximate surface area is 150 Å². The zero-order valence-corrected chi connectivity index (χ0v) is 14.6. The monoisotopic (exact) mass is 360 g/mol. The Morgan fingerprint density at radius 3 is 2.88 bits per heavy atom. The molecule has 0 aliphatic carbocycles. The van der Waals surface area contributed by atoms with Crippen molar-refractivity contribution < 1.29 is 19.4 Å². The van der Waals surface area contributed by atoms with Crippen LogP contribution >= 0.6 is 11.3 Å². The predicted octanol–water partition coefficient (Wildman–Crippen LogP) is 1.98. The number of carboxylic acid groups (broad SMARTS) is 1. The van der Waals surface area contributed by atoms with E-state index >= 15 is 0 Å². The van der Waals surface area contributed by atoms with E-state index < -0.39 is 12.0 Å². The summed E-state index contributed by atoms with van der Waals surface area (Å²) in [6, 6.07) is 9.67. The maximum atomic E-state index is 12.6. The van der Waals surface area contributed by atoms with E-state index in [1.165, 1.54) is 5.56 Å². The molecule has 7 heteroatoms. The Bertz CT molecular complexity index is 732. The Kier molecular flexibility index (Phi) is 5.78. The summed E-state index contributed by atoms with van der Waals surface area (Å²) in [4.78, 5) is 29.7. The van der Waals surface area contributed by atoms with E-state index in [0.29, 0.717) is 13.2 Å². The number of carbonyl (C=O) groups is 2. The van der Waals surface area contributed by atoms with Crippen LogP contribution in [0.2, 0.25) is 0 Å². The van der Waals surface area contributed by atoms with Gasteiger partial charge in [-0.1, -0.05) is 30.3 Å². The molecule has 0 radical (unpaired) electrons. The van der Waals surface area contributed by atoms with Gasteiger partial charge in [0.1, 0.15) is 0 Å². The minimum atomic E-state index is -0.924. The molecule has 1 saturated heterocycles. The van der Waals surface area contributed by atoms with E-state index in [2.05, 4.69) is 17.1 Å². The van der Waals surface area contributed by atoms with Gasteiger partial charge in [0.15, 0.2) is 0 Å². The van der Waals surface area contributed by atoms with Gasteiger partial charge < -0.3 is 14.7 Å². The van der Waals surface area contributed by atoms with Crippen molar-refractivity contribution in [3.63, 3.8) is 0 Å². The number of carbonyl (C=O) groups excluding carboxylic acids is 1. The van der Waals surface area contributed by atoms with Crippen molar-refractivity contribution in [3.05, 3.63) is 52.0 Å². The van der Waals surface area contributed by atoms with E-state index in [1.807, 2.05) is 23.6 Å². The van der Waals surface area contributed by atoms with Gasteiger partial charge in [0.2, 0.25) is 5.91 Å². The maximum absolute atomic E-state index is 12.6. The average molecular weight is 360 g/mol. The molecule has 2 heterocycles. The van der Waals surface area contributed by atoms with Gasteiger partial charge in [-0.15, -0.1) is 11.3 Å². The number of amides is 1. The van der Waals surface area contributed by atoms with Gasteiger partial charge in [-0.2, -0.15) is 0 Å². The van der Waals surface area contributed by atoms with Crippen LogP contribution in [0.1, 0.15) is 22.7 Å². The Hall–Kier alpha value is -2.25. The van der Waals surface area contributed by atoms with Gasteiger partial charge in [0.25, 0.3) is 0 Å². The van der Waals surface area contributed by atoms with Crippen molar-refractivity contribution in [2.24, 2.45) is 0 Å². The fraction of sp³-hybridized carbons (Fsp3) is 0.389. The second-order valence-corrected chi connectivity index (χ2v) is 6.93. The summed E-state index contributed by atoms with van der Waals surface area (Å²) in [5.41, 5.74) is 1.92. The van der Waals surface area contributed by atoms with Crippen LogP contribution in [0.5, 0.6) is 0 Å². The number of morpholine rings is 1. The minimum Gasteiger partial charge on any atom is -0.481 e. The molecular weight excluding hydrogens is 340 g/mol. The van der Waals surface area contributed by atoms with E-state index in [-0.39, 0.29) is 25.4 Å². The summed E-state index contributed by atoms with van der Waals surface area (Å²) in [5, 5.41) is 11.9. The molecule has 3 rings (SSSR count). The van der Waals surface area contributed by atoms with Gasteiger partial charge >= 0.3 is 5.97 Å². The fourth-order valence-corrected chi connectivity index (χ4v) is 3.72. The van der Waals surface area contributed by atoms with Crippen LogP contribution < -0.4 is 0 Å². The zero-order chi connectivity index (χ0) is 17.6. The van der Waals surface area contributed by atoms with Crippen molar-refractivity contribution in [2.45, 2.75) is 25.3 Å². The number of aromatic nitrogens is 1. The normalized spacial score (nSPS) is 17.4. The average Bonchev–Trinajstić information content (AvgIpc) is 3.02. The molecule has 1 aromatic carbocycles. The standard InChI is InChI=1S/C18H20N2O4S/c21-17(20-6-7-24-11-15(20)10-18(22)23)9-14-12-25-16(19-14)8-13-4-2-1-3-5-13/h1-5,12,15H,6-11H2,(H,22,23). The van der Waals surface area contributed by atoms with E-state index in [9.17, 15) is 9.59 Å². The molecule has 1 atom stereocenters. The third-order valence-corrected chi connectivity index (χ3v) is 4.99. The molecule has 1 aromatic heterocycles. The van der Waals surface area contributed by atoms with E-state index in [4.69, 9.17) is 9.84 Å². The van der Waals surface area contributed by atoms with Crippen LogP contribution in [0.25, 0.3) is 0 Å². The summed E-state index contributed by atoms with van der Waals surface area (Å²) in [7, 11) is 0. The first-order chi connectivity index (χ1) is 12.1. The highest BCUT2D eigenvalue weighted by atomic mass is 32.1. The SMILES string of the molecule is O=C(O)CC1COCCN1C(=O)Cc1csc(Cc2ccccc2)n1. The van der Waals surface area contributed by atoms with Crippen molar-refractivity contribution in [1.82, 2.24) is 9.88 Å². The summed E-state index contributed by atoms with van der Waals surface area (Å²) < 4.78 is 5.31. The number of ether oxygens (including phenoxy) is 1. The quantitative estimate of drug-likeness (QED) is 0.852. The lowest BCUT2D eigenvalue weighted by molar-refractivity contribution is -0.145. The largest absolute Gasteiger partial charge is 0.481 e. The van der Waals surface area contributed by atoms with Crippen molar-refractivity contribution in [3.8, 4) is 0 Å². The number of hydrogen-bond acceptors (Lipinski definition) is 5. The molecule has 0 spiro atoms. The van der Waals surface area contributed by atoms with Crippen molar-refractivity contribution in [1.29, 1.82) is 0 Å². The van der Waals surface area contributed by atoms with Gasteiger partial charge in [-0.3, -0.25) is 9.59 Å². The van der Waals surface area contributed by atoms with Crippen LogP contribution in [-0.2, 0) is 27.2 Å². The third kappa shape index (κ3) is 4.87. The number of rotatable bonds is 6. The first-order valence-electron chi connectivity index (χ1n) is 8.18. The van der Waals surface area contributed by atoms with Crippen LogP contribution in [0.15, 0.2) is 35.7 Å². The summed E-state index contributed by atoms with van der Waals surface area (Å²) >= 11 is 1.54. The lowest BCUT2D eigenvalue weighted by Gasteiger charge is -2.34. The molecule has 1 amide bonds. The Morgan fingerprint density at radius 1 is 1.32 bits per heavy atom. The molecule has 1 unspecified atom stereocenters. The van der Waals surface area contributed by atoms with Crippen LogP contribution in [0.3, 0.4) is 0 Å². The molecule has 1 aliphatic heterocycles. The third-order valence-electron chi connectivity index (χ3n) is 4.09. The van der Waals surface area contributed by atoms with E-state index in [1.54, 1.807) is 16.2 Å². The number of aliphatic carboxylic acids is 1. The summed E-state index contributed by atoms with van der Waals surface area (Å²) in [6.45, 7) is 1.14. The number of hydrogen-bond donors (Lipinski definition) is 1. The number of benzene rings is 1. The second kappa shape index (κ2) is 8.22.